The lowest BCUT2D eigenvalue weighted by Gasteiger charge is -2.19. The zero-order chi connectivity index (χ0) is 12.7. The summed E-state index contributed by atoms with van der Waals surface area (Å²) in [6.07, 6.45) is 1.75. The van der Waals surface area contributed by atoms with Gasteiger partial charge in [0.2, 0.25) is 0 Å². The molecule has 6 nitrogen and oxygen atoms in total. The van der Waals surface area contributed by atoms with Gasteiger partial charge in [0.25, 0.3) is 5.56 Å². The van der Waals surface area contributed by atoms with Crippen LogP contribution in [0.4, 0.5) is 0 Å². The number of aromatic nitrogens is 1. The first kappa shape index (κ1) is 13.2. The molecule has 0 spiro atoms. The number of likely N-dealkylation sites (N-methyl/N-ethyl adjacent to an activating group) is 1. The highest BCUT2D eigenvalue weighted by Gasteiger charge is 2.05. The highest BCUT2D eigenvalue weighted by Crippen LogP contribution is 1.90. The van der Waals surface area contributed by atoms with Crippen LogP contribution in [0, 0.1) is 0 Å². The van der Waals surface area contributed by atoms with Gasteiger partial charge in [-0.25, -0.2) is 0 Å². The third-order valence-corrected chi connectivity index (χ3v) is 2.52. The molecular weight excluding hydrogens is 220 g/mol. The molecule has 17 heavy (non-hydrogen) atoms. The van der Waals surface area contributed by atoms with Crippen LogP contribution in [0.5, 0.6) is 0 Å². The molecule has 0 atom stereocenters. The highest BCUT2D eigenvalue weighted by molar-refractivity contribution is 5.81. The molecule has 0 bridgehead atoms. The van der Waals surface area contributed by atoms with Crippen LogP contribution in [-0.4, -0.2) is 40.1 Å². The zero-order valence-electron chi connectivity index (χ0n) is 9.91. The number of pyridine rings is 1. The summed E-state index contributed by atoms with van der Waals surface area (Å²) in [7, 11) is 0. The van der Waals surface area contributed by atoms with E-state index in [0.717, 1.165) is 6.54 Å². The van der Waals surface area contributed by atoms with Crippen molar-refractivity contribution < 1.29 is 5.21 Å². The summed E-state index contributed by atoms with van der Waals surface area (Å²) in [5.74, 6) is 0.173. The molecular formula is C11H18N4O2. The second-order valence-electron chi connectivity index (χ2n) is 3.69. The molecule has 1 aromatic heterocycles. The van der Waals surface area contributed by atoms with Gasteiger partial charge in [-0.05, 0) is 12.6 Å². The molecule has 0 aromatic carbocycles. The van der Waals surface area contributed by atoms with Gasteiger partial charge in [0, 0.05) is 25.4 Å². The van der Waals surface area contributed by atoms with Crippen molar-refractivity contribution in [1.82, 2.24) is 9.47 Å². The molecule has 0 aliphatic heterocycles. The minimum Gasteiger partial charge on any atom is -0.409 e. The molecule has 6 heteroatoms. The van der Waals surface area contributed by atoms with E-state index in [0.29, 0.717) is 19.6 Å². The van der Waals surface area contributed by atoms with Gasteiger partial charge in [-0.2, -0.15) is 0 Å². The third-order valence-electron chi connectivity index (χ3n) is 2.52. The van der Waals surface area contributed by atoms with E-state index in [1.54, 1.807) is 16.8 Å². The Morgan fingerprint density at radius 1 is 1.59 bits per heavy atom. The minimum atomic E-state index is -0.0210. The number of hydrogen-bond donors (Lipinski definition) is 2. The van der Waals surface area contributed by atoms with Gasteiger partial charge < -0.3 is 15.5 Å². The molecule has 3 N–H and O–H groups in total. The Balaban J connectivity index is 2.54. The molecule has 0 aliphatic rings. The zero-order valence-corrected chi connectivity index (χ0v) is 9.91. The number of oxime groups is 1. The summed E-state index contributed by atoms with van der Waals surface area (Å²) in [5.41, 5.74) is 5.42. The van der Waals surface area contributed by atoms with E-state index in [4.69, 9.17) is 10.9 Å². The van der Waals surface area contributed by atoms with Gasteiger partial charge in [-0.3, -0.25) is 9.69 Å². The fraction of sp³-hybridized carbons (Fsp3) is 0.455. The van der Waals surface area contributed by atoms with Gasteiger partial charge >= 0.3 is 0 Å². The van der Waals surface area contributed by atoms with Crippen LogP contribution in [0.1, 0.15) is 6.92 Å². The molecule has 0 amide bonds. The van der Waals surface area contributed by atoms with E-state index in [1.807, 2.05) is 17.9 Å². The summed E-state index contributed by atoms with van der Waals surface area (Å²) >= 11 is 0. The maximum absolute atomic E-state index is 11.5. The van der Waals surface area contributed by atoms with Gasteiger partial charge in [-0.1, -0.05) is 18.1 Å². The second-order valence-corrected chi connectivity index (χ2v) is 3.69. The summed E-state index contributed by atoms with van der Waals surface area (Å²) in [6, 6.07) is 5.06. The Labute approximate surface area is 100.0 Å². The maximum Gasteiger partial charge on any atom is 0.250 e. The predicted octanol–water partition coefficient (Wildman–Crippen LogP) is -0.0834. The van der Waals surface area contributed by atoms with Crippen LogP contribution in [0.3, 0.4) is 0 Å². The number of nitrogens with zero attached hydrogens (tertiary/aromatic N) is 3. The molecule has 0 saturated heterocycles. The summed E-state index contributed by atoms with van der Waals surface area (Å²) < 4.78 is 1.63. The molecule has 0 radical (unpaired) electrons. The van der Waals surface area contributed by atoms with Gasteiger partial charge in [-0.15, -0.1) is 0 Å². The Kier molecular flexibility index (Phi) is 5.22. The smallest absolute Gasteiger partial charge is 0.250 e. The molecule has 1 aromatic rings. The lowest BCUT2D eigenvalue weighted by atomic mass is 10.4. The normalized spacial score (nSPS) is 12.0. The van der Waals surface area contributed by atoms with Crippen molar-refractivity contribution in [3.8, 4) is 0 Å². The van der Waals surface area contributed by atoms with Crippen LogP contribution in [0.25, 0.3) is 0 Å². The fourth-order valence-corrected chi connectivity index (χ4v) is 1.50. The molecule has 0 unspecified atom stereocenters. The lowest BCUT2D eigenvalue weighted by molar-refractivity contribution is 0.291. The first-order valence-electron chi connectivity index (χ1n) is 5.51. The van der Waals surface area contributed by atoms with Crippen LogP contribution < -0.4 is 11.3 Å². The monoisotopic (exact) mass is 238 g/mol. The first-order valence-corrected chi connectivity index (χ1v) is 5.51. The van der Waals surface area contributed by atoms with Crippen LogP contribution >= 0.6 is 0 Å². The minimum absolute atomic E-state index is 0.0210. The van der Waals surface area contributed by atoms with E-state index in [9.17, 15) is 4.79 Å². The fourth-order valence-electron chi connectivity index (χ4n) is 1.50. The Morgan fingerprint density at radius 3 is 2.94 bits per heavy atom. The Bertz CT molecular complexity index is 427. The van der Waals surface area contributed by atoms with Crippen LogP contribution in [0.2, 0.25) is 0 Å². The Morgan fingerprint density at radius 2 is 2.35 bits per heavy atom. The van der Waals surface area contributed by atoms with Gasteiger partial charge in [0.05, 0.1) is 6.54 Å². The van der Waals surface area contributed by atoms with E-state index in [2.05, 4.69) is 5.16 Å². The maximum atomic E-state index is 11.5. The molecule has 0 saturated carbocycles. The standard InChI is InChI=1S/C11H18N4O2/c1-2-14(9-10(12)13-17)7-8-15-6-4-3-5-11(15)16/h3-6,17H,2,7-9H2,1H3,(H2,12,13). The van der Waals surface area contributed by atoms with Crippen molar-refractivity contribution in [2.45, 2.75) is 13.5 Å². The van der Waals surface area contributed by atoms with Gasteiger partial charge in [0.15, 0.2) is 5.84 Å². The summed E-state index contributed by atoms with van der Waals surface area (Å²) in [4.78, 5) is 13.4. The third kappa shape index (κ3) is 4.28. The van der Waals surface area contributed by atoms with E-state index in [-0.39, 0.29) is 11.4 Å². The molecule has 94 valence electrons. The first-order chi connectivity index (χ1) is 8.17. The molecule has 0 fully saturated rings. The average Bonchev–Trinajstić information content (AvgIpc) is 2.35. The number of rotatable bonds is 6. The van der Waals surface area contributed by atoms with Crippen molar-refractivity contribution in [2.75, 3.05) is 19.6 Å². The molecule has 1 heterocycles. The second kappa shape index (κ2) is 6.70. The summed E-state index contributed by atoms with van der Waals surface area (Å²) in [6.45, 7) is 4.42. The SMILES string of the molecule is CCN(CCn1ccccc1=O)C/C(N)=N/O. The van der Waals surface area contributed by atoms with E-state index in [1.165, 1.54) is 6.07 Å². The molecule has 1 rings (SSSR count). The highest BCUT2D eigenvalue weighted by atomic mass is 16.4. The van der Waals surface area contributed by atoms with Crippen molar-refractivity contribution >= 4 is 5.84 Å². The van der Waals surface area contributed by atoms with E-state index >= 15 is 0 Å². The largest absolute Gasteiger partial charge is 0.409 e. The van der Waals surface area contributed by atoms with Crippen molar-refractivity contribution in [1.29, 1.82) is 0 Å². The molecule has 0 aliphatic carbocycles. The number of hydrogen-bond acceptors (Lipinski definition) is 4. The van der Waals surface area contributed by atoms with Gasteiger partial charge in [0.1, 0.15) is 0 Å². The summed E-state index contributed by atoms with van der Waals surface area (Å²) in [5, 5.41) is 11.4. The number of amidine groups is 1. The van der Waals surface area contributed by atoms with Crippen molar-refractivity contribution in [3.63, 3.8) is 0 Å². The van der Waals surface area contributed by atoms with E-state index < -0.39 is 0 Å². The van der Waals surface area contributed by atoms with Crippen LogP contribution in [-0.2, 0) is 6.54 Å². The lowest BCUT2D eigenvalue weighted by Crippen LogP contribution is -2.37. The predicted molar refractivity (Wildman–Crippen MR) is 66.2 cm³/mol. The van der Waals surface area contributed by atoms with Crippen molar-refractivity contribution in [2.24, 2.45) is 10.9 Å². The average molecular weight is 238 g/mol. The number of nitrogens with two attached hydrogens (primary N) is 1. The quantitative estimate of drug-likeness (QED) is 0.314. The topological polar surface area (TPSA) is 83.9 Å². The van der Waals surface area contributed by atoms with Crippen LogP contribution in [0.15, 0.2) is 34.3 Å². The Hall–Kier alpha value is -1.82. The van der Waals surface area contributed by atoms with Crippen molar-refractivity contribution in [3.05, 3.63) is 34.7 Å².